The van der Waals surface area contributed by atoms with Crippen molar-refractivity contribution in [2.24, 2.45) is 0 Å². The summed E-state index contributed by atoms with van der Waals surface area (Å²) in [5.74, 6) is -0.430. The van der Waals surface area contributed by atoms with Crippen LogP contribution in [-0.4, -0.2) is 47.9 Å². The van der Waals surface area contributed by atoms with Crippen molar-refractivity contribution >= 4 is 29.3 Å². The van der Waals surface area contributed by atoms with Crippen LogP contribution in [0.1, 0.15) is 54.7 Å². The van der Waals surface area contributed by atoms with E-state index in [1.54, 1.807) is 36.4 Å². The summed E-state index contributed by atoms with van der Waals surface area (Å²) in [6, 6.07) is 13.8. The smallest absolute Gasteiger partial charge is 0.254 e. The molecule has 3 rings (SSSR count). The quantitative estimate of drug-likeness (QED) is 0.647. The Bertz CT molecular complexity index is 968. The molecule has 2 N–H and O–H groups in total. The van der Waals surface area contributed by atoms with Gasteiger partial charge in [0, 0.05) is 37.1 Å². The Hall–Kier alpha value is -2.90. The fraction of sp³-hybridized carbons (Fsp3) is 0.400. The molecular formula is C25H30ClN3O4. The summed E-state index contributed by atoms with van der Waals surface area (Å²) in [6.07, 6.45) is 0.133. The zero-order chi connectivity index (χ0) is 24.0. The minimum absolute atomic E-state index is 0.0152. The molecule has 0 radical (unpaired) electrons. The van der Waals surface area contributed by atoms with E-state index >= 15 is 0 Å². The highest BCUT2D eigenvalue weighted by Crippen LogP contribution is 2.20. The van der Waals surface area contributed by atoms with Crippen molar-refractivity contribution in [1.82, 2.24) is 15.5 Å². The number of nitrogens with one attached hydrogen (secondary N) is 2. The molecule has 0 aliphatic carbocycles. The van der Waals surface area contributed by atoms with E-state index in [1.165, 1.54) is 6.92 Å². The van der Waals surface area contributed by atoms with E-state index < -0.39 is 6.04 Å². The molecule has 176 valence electrons. The molecule has 33 heavy (non-hydrogen) atoms. The maximum Gasteiger partial charge on any atom is 0.254 e. The zero-order valence-electron chi connectivity index (χ0n) is 19.1. The summed E-state index contributed by atoms with van der Waals surface area (Å²) in [7, 11) is 0. The molecule has 1 aliphatic heterocycles. The summed E-state index contributed by atoms with van der Waals surface area (Å²) in [4.78, 5) is 38.7. The molecule has 1 heterocycles. The van der Waals surface area contributed by atoms with Crippen LogP contribution in [-0.2, 0) is 20.9 Å². The maximum atomic E-state index is 12.8. The van der Waals surface area contributed by atoms with E-state index in [0.29, 0.717) is 30.2 Å². The Balaban J connectivity index is 1.55. The minimum Gasteiger partial charge on any atom is -0.372 e. The fourth-order valence-corrected chi connectivity index (χ4v) is 4.07. The third kappa shape index (κ3) is 7.30. The first-order chi connectivity index (χ1) is 15.7. The van der Waals surface area contributed by atoms with Gasteiger partial charge in [-0.25, -0.2) is 0 Å². The standard InChI is InChI=1S/C25H30ClN3O4/c1-16-14-29(15-17(2)33-16)25(32)21-6-4-19(5-7-21)13-27-24(31)12-23(28-18(3)30)20-8-10-22(26)11-9-20/h4-11,16-17,23H,12-15H2,1-3H3,(H,27,31)(H,28,30). The van der Waals surface area contributed by atoms with E-state index in [-0.39, 0.29) is 36.4 Å². The van der Waals surface area contributed by atoms with Crippen LogP contribution in [0.25, 0.3) is 0 Å². The third-order valence-corrected chi connectivity index (χ3v) is 5.69. The number of carbonyl (C=O) groups is 3. The number of ether oxygens (including phenoxy) is 1. The molecule has 0 saturated carbocycles. The van der Waals surface area contributed by atoms with E-state index in [4.69, 9.17) is 16.3 Å². The molecule has 1 saturated heterocycles. The first-order valence-electron chi connectivity index (χ1n) is 11.0. The lowest BCUT2D eigenvalue weighted by atomic mass is 10.0. The Morgan fingerprint density at radius 1 is 1.03 bits per heavy atom. The van der Waals surface area contributed by atoms with Gasteiger partial charge in [0.15, 0.2) is 0 Å². The van der Waals surface area contributed by atoms with Crippen molar-refractivity contribution in [3.8, 4) is 0 Å². The number of amides is 3. The van der Waals surface area contributed by atoms with E-state index in [9.17, 15) is 14.4 Å². The highest BCUT2D eigenvalue weighted by Gasteiger charge is 2.26. The zero-order valence-corrected chi connectivity index (χ0v) is 19.9. The Labute approximate surface area is 199 Å². The first kappa shape index (κ1) is 24.7. The van der Waals surface area contributed by atoms with Crippen molar-refractivity contribution in [3.05, 3.63) is 70.2 Å². The Morgan fingerprint density at radius 2 is 1.64 bits per heavy atom. The molecular weight excluding hydrogens is 442 g/mol. The number of halogens is 1. The number of carbonyl (C=O) groups excluding carboxylic acids is 3. The van der Waals surface area contributed by atoms with Gasteiger partial charge in [-0.2, -0.15) is 0 Å². The molecule has 1 fully saturated rings. The lowest BCUT2D eigenvalue weighted by Gasteiger charge is -2.35. The fourth-order valence-electron chi connectivity index (χ4n) is 3.94. The van der Waals surface area contributed by atoms with Crippen LogP contribution >= 0.6 is 11.6 Å². The number of benzene rings is 2. The largest absolute Gasteiger partial charge is 0.372 e. The van der Waals surface area contributed by atoms with Gasteiger partial charge in [0.1, 0.15) is 0 Å². The van der Waals surface area contributed by atoms with Crippen LogP contribution in [0.5, 0.6) is 0 Å². The van der Waals surface area contributed by atoms with Gasteiger partial charge in [0.25, 0.3) is 5.91 Å². The molecule has 0 spiro atoms. The van der Waals surface area contributed by atoms with Crippen molar-refractivity contribution in [2.75, 3.05) is 13.1 Å². The summed E-state index contributed by atoms with van der Waals surface area (Å²) in [6.45, 7) is 6.82. The average molecular weight is 472 g/mol. The number of hydrogen-bond acceptors (Lipinski definition) is 4. The second-order valence-corrected chi connectivity index (χ2v) is 8.89. The molecule has 3 atom stereocenters. The highest BCUT2D eigenvalue weighted by molar-refractivity contribution is 6.30. The number of nitrogens with zero attached hydrogens (tertiary/aromatic N) is 1. The predicted octanol–water partition coefficient (Wildman–Crippen LogP) is 3.47. The van der Waals surface area contributed by atoms with Crippen LogP contribution in [0.4, 0.5) is 0 Å². The van der Waals surface area contributed by atoms with Crippen LogP contribution in [0.3, 0.4) is 0 Å². The van der Waals surface area contributed by atoms with Gasteiger partial charge in [-0.15, -0.1) is 0 Å². The Kier molecular flexibility index (Phi) is 8.47. The van der Waals surface area contributed by atoms with E-state index in [1.807, 2.05) is 30.9 Å². The van der Waals surface area contributed by atoms with Gasteiger partial charge in [-0.05, 0) is 49.2 Å². The normalized spacial score (nSPS) is 19.0. The topological polar surface area (TPSA) is 87.7 Å². The molecule has 0 aromatic heterocycles. The predicted molar refractivity (Wildman–Crippen MR) is 127 cm³/mol. The van der Waals surface area contributed by atoms with E-state index in [0.717, 1.165) is 11.1 Å². The van der Waals surface area contributed by atoms with Crippen molar-refractivity contribution in [1.29, 1.82) is 0 Å². The SMILES string of the molecule is CC(=O)NC(CC(=O)NCc1ccc(C(=O)N2CC(C)OC(C)C2)cc1)c1ccc(Cl)cc1. The monoisotopic (exact) mass is 471 g/mol. The number of hydrogen-bond donors (Lipinski definition) is 2. The number of morpholine rings is 1. The minimum atomic E-state index is -0.446. The van der Waals surface area contributed by atoms with Crippen LogP contribution < -0.4 is 10.6 Å². The summed E-state index contributed by atoms with van der Waals surface area (Å²) in [5, 5.41) is 6.27. The van der Waals surface area contributed by atoms with Crippen LogP contribution in [0, 0.1) is 0 Å². The first-order valence-corrected chi connectivity index (χ1v) is 11.4. The van der Waals surface area contributed by atoms with Crippen molar-refractivity contribution < 1.29 is 19.1 Å². The highest BCUT2D eigenvalue weighted by atomic mass is 35.5. The van der Waals surface area contributed by atoms with Gasteiger partial charge < -0.3 is 20.3 Å². The molecule has 2 aromatic rings. The second-order valence-electron chi connectivity index (χ2n) is 8.45. The molecule has 0 bridgehead atoms. The lowest BCUT2D eigenvalue weighted by molar-refractivity contribution is -0.122. The molecule has 3 unspecified atom stereocenters. The summed E-state index contributed by atoms with van der Waals surface area (Å²) >= 11 is 5.94. The summed E-state index contributed by atoms with van der Waals surface area (Å²) in [5.41, 5.74) is 2.30. The van der Waals surface area contributed by atoms with Crippen LogP contribution in [0.2, 0.25) is 5.02 Å². The van der Waals surface area contributed by atoms with Crippen molar-refractivity contribution in [2.45, 2.75) is 52.0 Å². The second kappa shape index (κ2) is 11.3. The van der Waals surface area contributed by atoms with Gasteiger partial charge in [0.2, 0.25) is 11.8 Å². The molecule has 8 heteroatoms. The van der Waals surface area contributed by atoms with Gasteiger partial charge in [0.05, 0.1) is 24.7 Å². The third-order valence-electron chi connectivity index (χ3n) is 5.44. The molecule has 2 aromatic carbocycles. The molecule has 1 aliphatic rings. The van der Waals surface area contributed by atoms with Gasteiger partial charge >= 0.3 is 0 Å². The summed E-state index contributed by atoms with van der Waals surface area (Å²) < 4.78 is 5.69. The average Bonchev–Trinajstić information content (AvgIpc) is 2.76. The van der Waals surface area contributed by atoms with Gasteiger partial charge in [-0.3, -0.25) is 14.4 Å². The van der Waals surface area contributed by atoms with Gasteiger partial charge in [-0.1, -0.05) is 35.9 Å². The maximum absolute atomic E-state index is 12.8. The van der Waals surface area contributed by atoms with Crippen LogP contribution in [0.15, 0.2) is 48.5 Å². The lowest BCUT2D eigenvalue weighted by Crippen LogP contribution is -2.48. The molecule has 7 nitrogen and oxygen atoms in total. The molecule has 3 amide bonds. The number of rotatable bonds is 7. The van der Waals surface area contributed by atoms with E-state index in [2.05, 4.69) is 10.6 Å². The Morgan fingerprint density at radius 3 is 2.21 bits per heavy atom. The van der Waals surface area contributed by atoms with Crippen molar-refractivity contribution in [3.63, 3.8) is 0 Å².